The third kappa shape index (κ3) is 4.86. The number of para-hydroxylation sites is 1. The van der Waals surface area contributed by atoms with Crippen molar-refractivity contribution in [2.45, 2.75) is 0 Å². The monoisotopic (exact) mass is 727 g/mol. The van der Waals surface area contributed by atoms with Crippen LogP contribution in [-0.2, 0) is 0 Å². The van der Waals surface area contributed by atoms with Gasteiger partial charge < -0.3 is 13.7 Å². The molecule has 12 rings (SSSR count). The van der Waals surface area contributed by atoms with Gasteiger partial charge in [0.15, 0.2) is 0 Å². The number of anilines is 3. The minimum Gasteiger partial charge on any atom is -0.455 e. The molecule has 0 aliphatic rings. The van der Waals surface area contributed by atoms with E-state index in [1.165, 1.54) is 21.5 Å². The standard InChI is InChI=1S/C54H33NO2/c1-4-16-39-34(12-1)15-9-23-47(39)55(38-30-26-37(27-31-38)40-20-10-24-49-51(40)45-32-28-35-13-2-5-17-41(35)53(45)56-49)48-22-8-7-19-43(48)44-21-11-25-50-52(44)46-33-29-36-14-3-6-18-42(36)54(46)57-50/h1-33H. The second-order valence-electron chi connectivity index (χ2n) is 14.8. The SMILES string of the molecule is c1ccc(N(c2ccc(-c3cccc4oc5c6ccccc6ccc5c34)cc2)c2cccc3ccccc23)c(-c2cccc3oc4c5ccccc5ccc4c23)c1. The van der Waals surface area contributed by atoms with Crippen molar-refractivity contribution in [3.63, 3.8) is 0 Å². The van der Waals surface area contributed by atoms with E-state index in [1.54, 1.807) is 0 Å². The first-order chi connectivity index (χ1) is 28.3. The first-order valence-corrected chi connectivity index (χ1v) is 19.4. The Bertz CT molecular complexity index is 3530. The van der Waals surface area contributed by atoms with E-state index in [4.69, 9.17) is 8.83 Å². The van der Waals surface area contributed by atoms with Crippen LogP contribution in [0.3, 0.4) is 0 Å². The molecular weight excluding hydrogens is 695 g/mol. The van der Waals surface area contributed by atoms with Crippen LogP contribution >= 0.6 is 0 Å². The lowest BCUT2D eigenvalue weighted by molar-refractivity contribution is 0.672. The molecule has 0 bridgehead atoms. The molecule has 0 spiro atoms. The molecule has 0 aliphatic heterocycles. The molecular formula is C54H33NO2. The fraction of sp³-hybridized carbons (Fsp3) is 0. The topological polar surface area (TPSA) is 29.5 Å². The predicted octanol–water partition coefficient (Wildman–Crippen LogP) is 15.7. The second-order valence-corrected chi connectivity index (χ2v) is 14.8. The highest BCUT2D eigenvalue weighted by Crippen LogP contribution is 2.47. The van der Waals surface area contributed by atoms with Crippen LogP contribution < -0.4 is 4.90 Å². The summed E-state index contributed by atoms with van der Waals surface area (Å²) >= 11 is 0. The molecule has 3 nitrogen and oxygen atoms in total. The van der Waals surface area contributed by atoms with Crippen molar-refractivity contribution in [1.82, 2.24) is 0 Å². The minimum absolute atomic E-state index is 0.878. The van der Waals surface area contributed by atoms with Crippen LogP contribution in [0.5, 0.6) is 0 Å². The highest BCUT2D eigenvalue weighted by Gasteiger charge is 2.23. The largest absolute Gasteiger partial charge is 0.455 e. The van der Waals surface area contributed by atoms with E-state index in [-0.39, 0.29) is 0 Å². The summed E-state index contributed by atoms with van der Waals surface area (Å²) in [4.78, 5) is 2.41. The summed E-state index contributed by atoms with van der Waals surface area (Å²) in [5.41, 5.74) is 11.4. The second kappa shape index (κ2) is 12.5. The van der Waals surface area contributed by atoms with Crippen LogP contribution in [-0.4, -0.2) is 0 Å². The summed E-state index contributed by atoms with van der Waals surface area (Å²) in [5.74, 6) is 0. The number of hydrogen-bond donors (Lipinski definition) is 0. The van der Waals surface area contributed by atoms with Crippen molar-refractivity contribution < 1.29 is 8.83 Å². The molecule has 0 amide bonds. The zero-order valence-corrected chi connectivity index (χ0v) is 30.8. The Balaban J connectivity index is 1.06. The van der Waals surface area contributed by atoms with E-state index in [9.17, 15) is 0 Å². The third-order valence-corrected chi connectivity index (χ3v) is 11.7. The van der Waals surface area contributed by atoms with Crippen LogP contribution in [0, 0.1) is 0 Å². The van der Waals surface area contributed by atoms with Crippen molar-refractivity contribution in [2.75, 3.05) is 4.90 Å². The molecule has 0 fully saturated rings. The molecule has 2 heterocycles. The number of nitrogens with zero attached hydrogens (tertiary/aromatic N) is 1. The molecule has 0 atom stereocenters. The van der Waals surface area contributed by atoms with Gasteiger partial charge in [-0.25, -0.2) is 0 Å². The maximum atomic E-state index is 6.66. The smallest absolute Gasteiger partial charge is 0.143 e. The first-order valence-electron chi connectivity index (χ1n) is 19.4. The maximum absolute atomic E-state index is 6.66. The van der Waals surface area contributed by atoms with Crippen molar-refractivity contribution >= 4 is 93.3 Å². The molecule has 3 heteroatoms. The molecule has 57 heavy (non-hydrogen) atoms. The summed E-state index contributed by atoms with van der Waals surface area (Å²) in [7, 11) is 0. The quantitative estimate of drug-likeness (QED) is 0.177. The Hall–Kier alpha value is -7.62. The summed E-state index contributed by atoms with van der Waals surface area (Å²) in [6.07, 6.45) is 0. The van der Waals surface area contributed by atoms with Crippen molar-refractivity contribution in [2.24, 2.45) is 0 Å². The van der Waals surface area contributed by atoms with Gasteiger partial charge in [-0.3, -0.25) is 0 Å². The zero-order valence-electron chi connectivity index (χ0n) is 30.8. The summed E-state index contributed by atoms with van der Waals surface area (Å²) in [6.45, 7) is 0. The molecule has 0 unspecified atom stereocenters. The number of rotatable bonds is 5. The lowest BCUT2D eigenvalue weighted by atomic mass is 9.95. The van der Waals surface area contributed by atoms with Crippen LogP contribution in [0.25, 0.3) is 98.4 Å². The van der Waals surface area contributed by atoms with Gasteiger partial charge >= 0.3 is 0 Å². The average Bonchev–Trinajstić information content (AvgIpc) is 3.87. The average molecular weight is 728 g/mol. The van der Waals surface area contributed by atoms with Gasteiger partial charge in [-0.05, 0) is 81.4 Å². The predicted molar refractivity (Wildman–Crippen MR) is 239 cm³/mol. The Labute approximate surface area is 328 Å². The molecule has 0 radical (unpaired) electrons. The Morgan fingerprint density at radius 3 is 1.44 bits per heavy atom. The maximum Gasteiger partial charge on any atom is 0.143 e. The van der Waals surface area contributed by atoms with E-state index >= 15 is 0 Å². The lowest BCUT2D eigenvalue weighted by Crippen LogP contribution is -2.11. The molecule has 10 aromatic carbocycles. The number of furan rings is 2. The molecule has 2 aromatic heterocycles. The fourth-order valence-corrected chi connectivity index (χ4v) is 9.07. The van der Waals surface area contributed by atoms with E-state index in [2.05, 4.69) is 205 Å². The fourth-order valence-electron chi connectivity index (χ4n) is 9.07. The highest BCUT2D eigenvalue weighted by atomic mass is 16.3. The van der Waals surface area contributed by atoms with Crippen LogP contribution in [0.15, 0.2) is 209 Å². The van der Waals surface area contributed by atoms with Gasteiger partial charge in [0.1, 0.15) is 22.3 Å². The molecule has 0 N–H and O–H groups in total. The van der Waals surface area contributed by atoms with Crippen LogP contribution in [0.4, 0.5) is 17.1 Å². The normalized spacial score (nSPS) is 11.9. The van der Waals surface area contributed by atoms with Gasteiger partial charge in [0.2, 0.25) is 0 Å². The molecule has 266 valence electrons. The third-order valence-electron chi connectivity index (χ3n) is 11.7. The highest BCUT2D eigenvalue weighted by molar-refractivity contribution is 6.21. The van der Waals surface area contributed by atoms with Gasteiger partial charge in [-0.1, -0.05) is 152 Å². The van der Waals surface area contributed by atoms with E-state index in [0.29, 0.717) is 0 Å². The van der Waals surface area contributed by atoms with Crippen molar-refractivity contribution in [3.05, 3.63) is 200 Å². The van der Waals surface area contributed by atoms with Gasteiger partial charge in [0.05, 0.1) is 11.4 Å². The number of hydrogen-bond acceptors (Lipinski definition) is 3. The van der Waals surface area contributed by atoms with E-state index in [0.717, 1.165) is 94.0 Å². The van der Waals surface area contributed by atoms with Gasteiger partial charge in [0, 0.05) is 49.0 Å². The van der Waals surface area contributed by atoms with Crippen LogP contribution in [0.1, 0.15) is 0 Å². The summed E-state index contributed by atoms with van der Waals surface area (Å²) < 4.78 is 13.2. The summed E-state index contributed by atoms with van der Waals surface area (Å²) in [6, 6.07) is 71.5. The lowest BCUT2D eigenvalue weighted by Gasteiger charge is -2.29. The first kappa shape index (κ1) is 31.7. The van der Waals surface area contributed by atoms with Crippen molar-refractivity contribution in [1.29, 1.82) is 0 Å². The summed E-state index contributed by atoms with van der Waals surface area (Å²) in [5, 5.41) is 11.5. The Morgan fingerprint density at radius 1 is 0.298 bits per heavy atom. The molecule has 0 aliphatic carbocycles. The van der Waals surface area contributed by atoms with Gasteiger partial charge in [-0.15, -0.1) is 0 Å². The molecule has 0 saturated carbocycles. The van der Waals surface area contributed by atoms with E-state index < -0.39 is 0 Å². The van der Waals surface area contributed by atoms with Gasteiger partial charge in [0.25, 0.3) is 0 Å². The van der Waals surface area contributed by atoms with Crippen molar-refractivity contribution in [3.8, 4) is 22.3 Å². The number of benzene rings is 10. The van der Waals surface area contributed by atoms with Gasteiger partial charge in [-0.2, -0.15) is 0 Å². The van der Waals surface area contributed by atoms with E-state index in [1.807, 2.05) is 0 Å². The van der Waals surface area contributed by atoms with Crippen LogP contribution in [0.2, 0.25) is 0 Å². The minimum atomic E-state index is 0.878. The molecule has 0 saturated heterocycles. The molecule has 12 aromatic rings. The number of fused-ring (bicyclic) bond motifs is 11. The Kier molecular flexibility index (Phi) is 6.93. The zero-order chi connectivity index (χ0) is 37.5. The Morgan fingerprint density at radius 2 is 0.772 bits per heavy atom.